The molecule has 7 nitrogen and oxygen atoms in total. The second-order valence-electron chi connectivity index (χ2n) is 5.96. The summed E-state index contributed by atoms with van der Waals surface area (Å²) in [6.45, 7) is 4.22. The Morgan fingerprint density at radius 1 is 1.50 bits per heavy atom. The smallest absolute Gasteiger partial charge is 0.236 e. The standard InChI is InChI=1S/C14H24N4O3S/c1-11(12(2)18-7-4-6-16-18)15-9-14(19)17(3)13-5-8-22(20,21)10-13/h4,6-7,11-13,15H,5,8-10H2,1-3H3/t11-,12+,13+/m0/s1. The minimum absolute atomic E-state index is 0.0737. The molecular weight excluding hydrogens is 304 g/mol. The van der Waals surface area contributed by atoms with Gasteiger partial charge in [-0.25, -0.2) is 8.42 Å². The van der Waals surface area contributed by atoms with Crippen LogP contribution in [-0.4, -0.2) is 66.2 Å². The summed E-state index contributed by atoms with van der Waals surface area (Å²) in [7, 11) is -1.30. The number of sulfone groups is 1. The Kier molecular flexibility index (Phi) is 5.23. The largest absolute Gasteiger partial charge is 0.341 e. The van der Waals surface area contributed by atoms with E-state index in [9.17, 15) is 13.2 Å². The van der Waals surface area contributed by atoms with Gasteiger partial charge in [-0.05, 0) is 26.3 Å². The van der Waals surface area contributed by atoms with Gasteiger partial charge in [-0.1, -0.05) is 0 Å². The molecule has 0 aromatic carbocycles. The van der Waals surface area contributed by atoms with Gasteiger partial charge < -0.3 is 10.2 Å². The summed E-state index contributed by atoms with van der Waals surface area (Å²) >= 11 is 0. The number of carbonyl (C=O) groups is 1. The molecule has 1 saturated heterocycles. The lowest BCUT2D eigenvalue weighted by molar-refractivity contribution is -0.130. The van der Waals surface area contributed by atoms with E-state index in [-0.39, 0.29) is 42.1 Å². The van der Waals surface area contributed by atoms with Gasteiger partial charge >= 0.3 is 0 Å². The molecule has 0 aliphatic carbocycles. The van der Waals surface area contributed by atoms with Gasteiger partial charge in [-0.15, -0.1) is 0 Å². The van der Waals surface area contributed by atoms with Crippen molar-refractivity contribution >= 4 is 15.7 Å². The van der Waals surface area contributed by atoms with Gasteiger partial charge in [0.25, 0.3) is 0 Å². The maximum absolute atomic E-state index is 12.2. The fourth-order valence-electron chi connectivity index (χ4n) is 2.58. The van der Waals surface area contributed by atoms with E-state index >= 15 is 0 Å². The average molecular weight is 328 g/mol. The van der Waals surface area contributed by atoms with Gasteiger partial charge in [0.1, 0.15) is 0 Å². The maximum Gasteiger partial charge on any atom is 0.236 e. The summed E-state index contributed by atoms with van der Waals surface area (Å²) in [4.78, 5) is 13.8. The van der Waals surface area contributed by atoms with E-state index in [1.165, 1.54) is 0 Å². The van der Waals surface area contributed by atoms with Crippen LogP contribution < -0.4 is 5.32 Å². The molecule has 1 aliphatic rings. The van der Waals surface area contributed by atoms with E-state index in [4.69, 9.17) is 0 Å². The molecule has 1 aromatic heterocycles. The summed E-state index contributed by atoms with van der Waals surface area (Å²) in [5.41, 5.74) is 0. The van der Waals surface area contributed by atoms with Crippen molar-refractivity contribution in [1.82, 2.24) is 20.0 Å². The molecular formula is C14H24N4O3S. The molecule has 0 bridgehead atoms. The highest BCUT2D eigenvalue weighted by atomic mass is 32.2. The van der Waals surface area contributed by atoms with Gasteiger partial charge in [0.2, 0.25) is 5.91 Å². The van der Waals surface area contributed by atoms with Crippen LogP contribution in [0.2, 0.25) is 0 Å². The lowest BCUT2D eigenvalue weighted by Crippen LogP contribution is -2.45. The quantitative estimate of drug-likeness (QED) is 0.799. The SMILES string of the molecule is C[C@H](NCC(=O)N(C)[C@@H]1CCS(=O)(=O)C1)[C@@H](C)n1cccn1. The Labute approximate surface area is 131 Å². The predicted molar refractivity (Wildman–Crippen MR) is 84.2 cm³/mol. The molecule has 124 valence electrons. The van der Waals surface area contributed by atoms with Gasteiger partial charge in [-0.3, -0.25) is 9.48 Å². The van der Waals surface area contributed by atoms with Crippen LogP contribution >= 0.6 is 0 Å². The second kappa shape index (κ2) is 6.78. The van der Waals surface area contributed by atoms with Gasteiger partial charge in [0, 0.05) is 31.5 Å². The van der Waals surface area contributed by atoms with E-state index < -0.39 is 9.84 Å². The molecule has 0 unspecified atom stereocenters. The summed E-state index contributed by atoms with van der Waals surface area (Å²) in [6, 6.07) is 1.87. The molecule has 0 radical (unpaired) electrons. The zero-order chi connectivity index (χ0) is 16.3. The van der Waals surface area contributed by atoms with Crippen molar-refractivity contribution in [3.8, 4) is 0 Å². The van der Waals surface area contributed by atoms with Crippen molar-refractivity contribution in [3.63, 3.8) is 0 Å². The Hall–Kier alpha value is -1.41. The van der Waals surface area contributed by atoms with Gasteiger partial charge in [-0.2, -0.15) is 5.10 Å². The first-order valence-electron chi connectivity index (χ1n) is 7.49. The van der Waals surface area contributed by atoms with Crippen LogP contribution in [0, 0.1) is 0 Å². The molecule has 8 heteroatoms. The third-order valence-electron chi connectivity index (χ3n) is 4.39. The molecule has 2 rings (SSSR count). The molecule has 22 heavy (non-hydrogen) atoms. The normalized spacial score (nSPS) is 23.1. The lowest BCUT2D eigenvalue weighted by Gasteiger charge is -2.26. The van der Waals surface area contributed by atoms with Crippen LogP contribution in [-0.2, 0) is 14.6 Å². The van der Waals surface area contributed by atoms with E-state index in [0.29, 0.717) is 6.42 Å². The number of hydrogen-bond donors (Lipinski definition) is 1. The number of carbonyl (C=O) groups excluding carboxylic acids is 1. The Balaban J connectivity index is 1.82. The van der Waals surface area contributed by atoms with Crippen LogP contribution in [0.5, 0.6) is 0 Å². The third kappa shape index (κ3) is 4.07. The van der Waals surface area contributed by atoms with Crippen molar-refractivity contribution in [2.45, 2.75) is 38.4 Å². The summed E-state index contributed by atoms with van der Waals surface area (Å²) in [5.74, 6) is 0.172. The molecule has 1 fully saturated rings. The highest BCUT2D eigenvalue weighted by Gasteiger charge is 2.32. The average Bonchev–Trinajstić information content (AvgIpc) is 3.12. The van der Waals surface area contributed by atoms with Gasteiger partial charge in [0.15, 0.2) is 9.84 Å². The molecule has 1 amide bonds. The van der Waals surface area contributed by atoms with E-state index in [0.717, 1.165) is 0 Å². The van der Waals surface area contributed by atoms with Crippen LogP contribution in [0.1, 0.15) is 26.3 Å². The number of hydrogen-bond acceptors (Lipinski definition) is 5. The summed E-state index contributed by atoms with van der Waals surface area (Å²) < 4.78 is 24.8. The molecule has 1 aromatic rings. The molecule has 2 heterocycles. The zero-order valence-electron chi connectivity index (χ0n) is 13.3. The van der Waals surface area contributed by atoms with E-state index in [1.807, 2.05) is 30.8 Å². The number of rotatable bonds is 6. The zero-order valence-corrected chi connectivity index (χ0v) is 14.1. The lowest BCUT2D eigenvalue weighted by atomic mass is 10.1. The molecule has 0 spiro atoms. The highest BCUT2D eigenvalue weighted by Crippen LogP contribution is 2.16. The molecule has 1 aliphatic heterocycles. The number of aromatic nitrogens is 2. The molecule has 3 atom stereocenters. The summed E-state index contributed by atoms with van der Waals surface area (Å²) in [5, 5.41) is 7.39. The number of nitrogens with one attached hydrogen (secondary N) is 1. The van der Waals surface area contributed by atoms with E-state index in [2.05, 4.69) is 10.4 Å². The fraction of sp³-hybridized carbons (Fsp3) is 0.714. The number of likely N-dealkylation sites (N-methyl/N-ethyl adjacent to an activating group) is 1. The van der Waals surface area contributed by atoms with E-state index in [1.54, 1.807) is 18.1 Å². The van der Waals surface area contributed by atoms with Crippen LogP contribution in [0.4, 0.5) is 0 Å². The van der Waals surface area contributed by atoms with Crippen LogP contribution in [0.25, 0.3) is 0 Å². The van der Waals surface area contributed by atoms with Crippen LogP contribution in [0.15, 0.2) is 18.5 Å². The van der Waals surface area contributed by atoms with Crippen molar-refractivity contribution < 1.29 is 13.2 Å². The first-order chi connectivity index (χ1) is 10.3. The fourth-order valence-corrected chi connectivity index (χ4v) is 4.35. The minimum atomic E-state index is -2.97. The third-order valence-corrected chi connectivity index (χ3v) is 6.14. The second-order valence-corrected chi connectivity index (χ2v) is 8.19. The first-order valence-corrected chi connectivity index (χ1v) is 9.31. The predicted octanol–water partition coefficient (Wildman–Crippen LogP) is 0.0677. The maximum atomic E-state index is 12.2. The first kappa shape index (κ1) is 17.0. The monoisotopic (exact) mass is 328 g/mol. The van der Waals surface area contributed by atoms with Crippen molar-refractivity contribution in [2.24, 2.45) is 0 Å². The Morgan fingerprint density at radius 2 is 2.23 bits per heavy atom. The number of nitrogens with zero attached hydrogens (tertiary/aromatic N) is 3. The molecule has 0 saturated carbocycles. The van der Waals surface area contributed by atoms with Crippen LogP contribution in [0.3, 0.4) is 0 Å². The molecule has 1 N–H and O–H groups in total. The summed E-state index contributed by atoms with van der Waals surface area (Å²) in [6.07, 6.45) is 4.15. The Morgan fingerprint density at radius 3 is 2.77 bits per heavy atom. The van der Waals surface area contributed by atoms with Crippen molar-refractivity contribution in [1.29, 1.82) is 0 Å². The van der Waals surface area contributed by atoms with Crippen molar-refractivity contribution in [2.75, 3.05) is 25.1 Å². The Bertz CT molecular complexity index is 600. The topological polar surface area (TPSA) is 84.3 Å². The van der Waals surface area contributed by atoms with Gasteiger partial charge in [0.05, 0.1) is 24.1 Å². The minimum Gasteiger partial charge on any atom is -0.341 e. The number of amides is 1. The highest BCUT2D eigenvalue weighted by molar-refractivity contribution is 7.91. The van der Waals surface area contributed by atoms with Crippen molar-refractivity contribution in [3.05, 3.63) is 18.5 Å².